The molecule has 29 heavy (non-hydrogen) atoms. The standard InChI is InChI=1S/C20H24BrN5O2S/c1-14-11-15(2)26(23-14)13-19(27)25(6-5-24-7-9-28-10-8-24)20-22-17-4-3-16(21)12-18(17)29-20/h3-4,11-12H,5-10,13H2,1-2H3. The first-order valence-electron chi connectivity index (χ1n) is 9.67. The van der Waals surface area contributed by atoms with Gasteiger partial charge in [0, 0.05) is 36.3 Å². The van der Waals surface area contributed by atoms with E-state index in [1.54, 1.807) is 16.0 Å². The van der Waals surface area contributed by atoms with Crippen molar-refractivity contribution < 1.29 is 9.53 Å². The van der Waals surface area contributed by atoms with E-state index in [0.29, 0.717) is 6.54 Å². The summed E-state index contributed by atoms with van der Waals surface area (Å²) >= 11 is 5.06. The van der Waals surface area contributed by atoms with Gasteiger partial charge in [-0.25, -0.2) is 4.98 Å². The minimum Gasteiger partial charge on any atom is -0.379 e. The van der Waals surface area contributed by atoms with Crippen molar-refractivity contribution in [2.75, 3.05) is 44.3 Å². The Kier molecular flexibility index (Phi) is 6.29. The summed E-state index contributed by atoms with van der Waals surface area (Å²) in [5, 5.41) is 5.18. The highest BCUT2D eigenvalue weighted by molar-refractivity contribution is 9.10. The maximum Gasteiger partial charge on any atom is 0.250 e. The van der Waals surface area contributed by atoms with Crippen LogP contribution in [-0.2, 0) is 16.1 Å². The average molecular weight is 478 g/mol. The van der Waals surface area contributed by atoms with Gasteiger partial charge in [-0.05, 0) is 38.1 Å². The molecule has 0 N–H and O–H groups in total. The molecule has 7 nitrogen and oxygen atoms in total. The zero-order valence-electron chi connectivity index (χ0n) is 16.6. The van der Waals surface area contributed by atoms with Gasteiger partial charge < -0.3 is 4.74 Å². The van der Waals surface area contributed by atoms with Crippen LogP contribution < -0.4 is 4.90 Å². The molecule has 2 aromatic heterocycles. The average Bonchev–Trinajstić information content (AvgIpc) is 3.24. The number of hydrogen-bond acceptors (Lipinski definition) is 6. The summed E-state index contributed by atoms with van der Waals surface area (Å²) in [5.74, 6) is 0.00239. The highest BCUT2D eigenvalue weighted by atomic mass is 79.9. The number of amides is 1. The number of aromatic nitrogens is 3. The fraction of sp³-hybridized carbons (Fsp3) is 0.450. The Bertz CT molecular complexity index is 1010. The maximum atomic E-state index is 13.3. The molecule has 1 aliphatic heterocycles. The van der Waals surface area contributed by atoms with E-state index in [-0.39, 0.29) is 12.5 Å². The van der Waals surface area contributed by atoms with E-state index in [4.69, 9.17) is 9.72 Å². The molecular weight excluding hydrogens is 454 g/mol. The first-order chi connectivity index (χ1) is 14.0. The molecule has 1 saturated heterocycles. The van der Waals surface area contributed by atoms with Crippen LogP contribution in [0.15, 0.2) is 28.7 Å². The second kappa shape index (κ2) is 8.91. The van der Waals surface area contributed by atoms with Gasteiger partial charge in [-0.15, -0.1) is 0 Å². The molecule has 0 radical (unpaired) electrons. The smallest absolute Gasteiger partial charge is 0.250 e. The third-order valence-electron chi connectivity index (χ3n) is 5.00. The molecule has 1 aliphatic rings. The van der Waals surface area contributed by atoms with Crippen LogP contribution >= 0.6 is 27.3 Å². The third kappa shape index (κ3) is 4.85. The molecule has 0 spiro atoms. The molecular formula is C20H24BrN5O2S. The summed E-state index contributed by atoms with van der Waals surface area (Å²) in [6, 6.07) is 7.98. The van der Waals surface area contributed by atoms with Gasteiger partial charge in [-0.1, -0.05) is 27.3 Å². The molecule has 154 valence electrons. The lowest BCUT2D eigenvalue weighted by Gasteiger charge is -2.29. The number of halogens is 1. The summed E-state index contributed by atoms with van der Waals surface area (Å²) in [4.78, 5) is 22.1. The highest BCUT2D eigenvalue weighted by Gasteiger charge is 2.22. The van der Waals surface area contributed by atoms with Crippen molar-refractivity contribution >= 4 is 48.5 Å². The first-order valence-corrected chi connectivity index (χ1v) is 11.3. The third-order valence-corrected chi connectivity index (χ3v) is 6.54. The molecule has 3 aromatic rings. The van der Waals surface area contributed by atoms with Crippen LogP contribution in [0.4, 0.5) is 5.13 Å². The topological polar surface area (TPSA) is 63.5 Å². The zero-order chi connectivity index (χ0) is 20.4. The lowest BCUT2D eigenvalue weighted by Crippen LogP contribution is -2.44. The van der Waals surface area contributed by atoms with Crippen molar-refractivity contribution in [3.63, 3.8) is 0 Å². The fourth-order valence-corrected chi connectivity index (χ4v) is 5.00. The van der Waals surface area contributed by atoms with Gasteiger partial charge in [0.25, 0.3) is 5.91 Å². The maximum absolute atomic E-state index is 13.3. The molecule has 9 heteroatoms. The minimum absolute atomic E-state index is 0.00239. The largest absolute Gasteiger partial charge is 0.379 e. The van der Waals surface area contributed by atoms with E-state index in [9.17, 15) is 4.79 Å². The van der Waals surface area contributed by atoms with E-state index in [2.05, 4.69) is 25.9 Å². The van der Waals surface area contributed by atoms with Crippen molar-refractivity contribution in [2.24, 2.45) is 0 Å². The molecule has 0 aliphatic carbocycles. The lowest BCUT2D eigenvalue weighted by atomic mass is 10.3. The van der Waals surface area contributed by atoms with E-state index < -0.39 is 0 Å². The Balaban J connectivity index is 1.58. The van der Waals surface area contributed by atoms with Gasteiger partial charge in [-0.2, -0.15) is 5.10 Å². The summed E-state index contributed by atoms with van der Waals surface area (Å²) in [7, 11) is 0. The van der Waals surface area contributed by atoms with Crippen LogP contribution in [0.25, 0.3) is 10.2 Å². The quantitative estimate of drug-likeness (QED) is 0.545. The number of aryl methyl sites for hydroxylation is 2. The molecule has 0 bridgehead atoms. The summed E-state index contributed by atoms with van der Waals surface area (Å²) in [6.45, 7) is 8.80. The molecule has 1 fully saturated rings. The van der Waals surface area contributed by atoms with E-state index in [1.165, 1.54) is 0 Å². The van der Waals surface area contributed by atoms with E-state index in [1.807, 2.05) is 43.0 Å². The number of nitrogens with zero attached hydrogens (tertiary/aromatic N) is 5. The second-order valence-electron chi connectivity index (χ2n) is 7.19. The number of rotatable bonds is 6. The van der Waals surface area contributed by atoms with Gasteiger partial charge in [0.05, 0.1) is 29.1 Å². The molecule has 0 atom stereocenters. The summed E-state index contributed by atoms with van der Waals surface area (Å²) in [6.07, 6.45) is 0. The van der Waals surface area contributed by atoms with Gasteiger partial charge in [0.15, 0.2) is 5.13 Å². The van der Waals surface area contributed by atoms with Crippen LogP contribution in [0.1, 0.15) is 11.4 Å². The number of hydrogen-bond donors (Lipinski definition) is 0. The SMILES string of the molecule is Cc1cc(C)n(CC(=O)N(CCN2CCOCC2)c2nc3ccc(Br)cc3s2)n1. The normalized spacial score (nSPS) is 15.1. The number of fused-ring (bicyclic) bond motifs is 1. The molecule has 4 rings (SSSR count). The summed E-state index contributed by atoms with van der Waals surface area (Å²) < 4.78 is 9.27. The Morgan fingerprint density at radius 2 is 2.07 bits per heavy atom. The number of morpholine rings is 1. The Morgan fingerprint density at radius 1 is 1.28 bits per heavy atom. The van der Waals surface area contributed by atoms with Crippen LogP contribution in [0, 0.1) is 13.8 Å². The molecule has 0 saturated carbocycles. The Morgan fingerprint density at radius 3 is 2.79 bits per heavy atom. The van der Waals surface area contributed by atoms with E-state index >= 15 is 0 Å². The molecule has 0 unspecified atom stereocenters. The number of ether oxygens (including phenoxy) is 1. The number of anilines is 1. The van der Waals surface area contributed by atoms with Crippen molar-refractivity contribution in [1.29, 1.82) is 0 Å². The van der Waals surface area contributed by atoms with Crippen molar-refractivity contribution in [3.8, 4) is 0 Å². The number of benzene rings is 1. The Hall–Kier alpha value is -1.81. The zero-order valence-corrected chi connectivity index (χ0v) is 19.0. The number of thiazole rings is 1. The number of carbonyl (C=O) groups excluding carboxylic acids is 1. The first kappa shape index (κ1) is 20.5. The van der Waals surface area contributed by atoms with Gasteiger partial charge in [0.1, 0.15) is 6.54 Å². The summed E-state index contributed by atoms with van der Waals surface area (Å²) in [5.41, 5.74) is 2.81. The van der Waals surface area contributed by atoms with Gasteiger partial charge >= 0.3 is 0 Å². The van der Waals surface area contributed by atoms with Crippen molar-refractivity contribution in [1.82, 2.24) is 19.7 Å². The van der Waals surface area contributed by atoms with Crippen LogP contribution in [-0.4, -0.2) is 65.0 Å². The predicted octanol–water partition coefficient (Wildman–Crippen LogP) is 3.24. The fourth-order valence-electron chi connectivity index (χ4n) is 3.44. The lowest BCUT2D eigenvalue weighted by molar-refractivity contribution is -0.119. The second-order valence-corrected chi connectivity index (χ2v) is 9.12. The van der Waals surface area contributed by atoms with Crippen LogP contribution in [0.2, 0.25) is 0 Å². The number of carbonyl (C=O) groups is 1. The monoisotopic (exact) mass is 477 g/mol. The molecule has 3 heterocycles. The van der Waals surface area contributed by atoms with E-state index in [0.717, 1.165) is 64.1 Å². The van der Waals surface area contributed by atoms with Crippen LogP contribution in [0.5, 0.6) is 0 Å². The van der Waals surface area contributed by atoms with Crippen LogP contribution in [0.3, 0.4) is 0 Å². The van der Waals surface area contributed by atoms with Gasteiger partial charge in [-0.3, -0.25) is 19.3 Å². The van der Waals surface area contributed by atoms with Crippen molar-refractivity contribution in [3.05, 3.63) is 40.1 Å². The minimum atomic E-state index is 0.00239. The van der Waals surface area contributed by atoms with Gasteiger partial charge in [0.2, 0.25) is 0 Å². The molecule has 1 amide bonds. The Labute approximate surface area is 182 Å². The van der Waals surface area contributed by atoms with Crippen molar-refractivity contribution in [2.45, 2.75) is 20.4 Å². The predicted molar refractivity (Wildman–Crippen MR) is 119 cm³/mol. The molecule has 1 aromatic carbocycles. The highest BCUT2D eigenvalue weighted by Crippen LogP contribution is 2.31.